The summed E-state index contributed by atoms with van der Waals surface area (Å²) in [5.41, 5.74) is 6.05. The van der Waals surface area contributed by atoms with Crippen LogP contribution in [-0.4, -0.2) is 5.91 Å². The first-order valence-electron chi connectivity index (χ1n) is 3.80. The maximum Gasteiger partial charge on any atom is 0.224 e. The molecular formula is C9H12N2O. The summed E-state index contributed by atoms with van der Waals surface area (Å²) in [6.07, 6.45) is 9.15. The second-order valence-electron chi connectivity index (χ2n) is 2.65. The van der Waals surface area contributed by atoms with Gasteiger partial charge in [0, 0.05) is 12.4 Å². The topological polar surface area (TPSA) is 55.1 Å². The van der Waals surface area contributed by atoms with E-state index in [4.69, 9.17) is 5.73 Å². The summed E-state index contributed by atoms with van der Waals surface area (Å²) < 4.78 is 0. The number of hydrogen-bond acceptors (Lipinski definition) is 2. The molecule has 0 aromatic carbocycles. The summed E-state index contributed by atoms with van der Waals surface area (Å²) in [7, 11) is 0. The molecule has 64 valence electrons. The number of carbonyl (C=O) groups is 1. The van der Waals surface area contributed by atoms with E-state index in [-0.39, 0.29) is 11.8 Å². The minimum absolute atomic E-state index is 0.242. The Labute approximate surface area is 71.6 Å². The van der Waals surface area contributed by atoms with Gasteiger partial charge in [0.2, 0.25) is 5.91 Å². The molecule has 1 amide bonds. The van der Waals surface area contributed by atoms with Gasteiger partial charge in [-0.25, -0.2) is 0 Å². The van der Waals surface area contributed by atoms with Gasteiger partial charge in [-0.15, -0.1) is 0 Å². The lowest BCUT2D eigenvalue weighted by atomic mass is 10.0. The Hall–Kier alpha value is -1.51. The van der Waals surface area contributed by atoms with E-state index in [1.807, 2.05) is 18.2 Å². The van der Waals surface area contributed by atoms with Gasteiger partial charge in [-0.3, -0.25) is 4.79 Å². The lowest BCUT2D eigenvalue weighted by Gasteiger charge is -2.07. The monoisotopic (exact) mass is 164 g/mol. The van der Waals surface area contributed by atoms with E-state index in [0.29, 0.717) is 0 Å². The Morgan fingerprint density at radius 1 is 1.58 bits per heavy atom. The van der Waals surface area contributed by atoms with Crippen molar-refractivity contribution in [2.75, 3.05) is 0 Å². The minimum Gasteiger partial charge on any atom is -0.369 e. The Kier molecular flexibility index (Phi) is 2.69. The smallest absolute Gasteiger partial charge is 0.224 e. The van der Waals surface area contributed by atoms with Crippen molar-refractivity contribution in [2.45, 2.75) is 6.92 Å². The van der Waals surface area contributed by atoms with Crippen molar-refractivity contribution in [1.29, 1.82) is 0 Å². The predicted molar refractivity (Wildman–Crippen MR) is 47.9 cm³/mol. The molecule has 3 N–H and O–H groups in total. The maximum atomic E-state index is 10.8. The van der Waals surface area contributed by atoms with Gasteiger partial charge in [0.25, 0.3) is 0 Å². The Bertz CT molecular complexity index is 264. The lowest BCUT2D eigenvalue weighted by Crippen LogP contribution is -2.22. The summed E-state index contributed by atoms with van der Waals surface area (Å²) in [6, 6.07) is 0. The standard InChI is InChI=1S/C9H12N2O/c1-7(9(10)12)8-4-2-3-5-11-6-8/h2-7,11H,1H3,(H2,10,12). The van der Waals surface area contributed by atoms with Crippen LogP contribution in [-0.2, 0) is 4.79 Å². The number of carbonyl (C=O) groups excluding carboxylic acids is 1. The van der Waals surface area contributed by atoms with Crippen molar-refractivity contribution in [3.05, 3.63) is 36.2 Å². The molecule has 0 aromatic heterocycles. The third kappa shape index (κ3) is 1.99. The van der Waals surface area contributed by atoms with Crippen molar-refractivity contribution in [3.8, 4) is 0 Å². The maximum absolute atomic E-state index is 10.8. The molecule has 0 spiro atoms. The van der Waals surface area contributed by atoms with Crippen LogP contribution in [0.2, 0.25) is 0 Å². The molecule has 1 unspecified atom stereocenters. The number of nitrogens with two attached hydrogens (primary N) is 1. The minimum atomic E-state index is -0.311. The normalized spacial score (nSPS) is 17.6. The number of hydrogen-bond donors (Lipinski definition) is 2. The van der Waals surface area contributed by atoms with Gasteiger partial charge >= 0.3 is 0 Å². The van der Waals surface area contributed by atoms with Crippen molar-refractivity contribution in [2.24, 2.45) is 11.7 Å². The first-order chi connectivity index (χ1) is 5.72. The fourth-order valence-corrected chi connectivity index (χ4v) is 0.904. The molecule has 0 aliphatic carbocycles. The third-order valence-corrected chi connectivity index (χ3v) is 1.77. The molecule has 12 heavy (non-hydrogen) atoms. The zero-order valence-electron chi connectivity index (χ0n) is 6.95. The zero-order chi connectivity index (χ0) is 8.97. The quantitative estimate of drug-likeness (QED) is 0.630. The molecular weight excluding hydrogens is 152 g/mol. The first-order valence-corrected chi connectivity index (χ1v) is 3.80. The number of rotatable bonds is 2. The van der Waals surface area contributed by atoms with Crippen LogP contribution in [0, 0.1) is 5.92 Å². The van der Waals surface area contributed by atoms with Gasteiger partial charge in [0.05, 0.1) is 5.92 Å². The van der Waals surface area contributed by atoms with Crippen LogP contribution >= 0.6 is 0 Å². The summed E-state index contributed by atoms with van der Waals surface area (Å²) in [5.74, 6) is -0.553. The lowest BCUT2D eigenvalue weighted by molar-refractivity contribution is -0.120. The predicted octanol–water partition coefficient (Wildman–Crippen LogP) is 0.665. The summed E-state index contributed by atoms with van der Waals surface area (Å²) in [4.78, 5) is 10.8. The number of primary amides is 1. The molecule has 1 atom stereocenters. The fraction of sp³-hybridized carbons (Fsp3) is 0.222. The van der Waals surface area contributed by atoms with Gasteiger partial charge in [0.1, 0.15) is 0 Å². The van der Waals surface area contributed by atoms with E-state index in [2.05, 4.69) is 5.32 Å². The van der Waals surface area contributed by atoms with Gasteiger partial charge in [-0.1, -0.05) is 12.2 Å². The van der Waals surface area contributed by atoms with E-state index in [9.17, 15) is 4.79 Å². The molecule has 0 saturated carbocycles. The zero-order valence-corrected chi connectivity index (χ0v) is 6.95. The number of nitrogens with one attached hydrogen (secondary N) is 1. The molecule has 0 bridgehead atoms. The van der Waals surface area contributed by atoms with E-state index >= 15 is 0 Å². The fourth-order valence-electron chi connectivity index (χ4n) is 0.904. The summed E-state index contributed by atoms with van der Waals surface area (Å²) in [5, 5.41) is 2.92. The van der Waals surface area contributed by atoms with Crippen molar-refractivity contribution in [3.63, 3.8) is 0 Å². The molecule has 1 heterocycles. The molecule has 0 saturated heterocycles. The Morgan fingerprint density at radius 3 is 3.00 bits per heavy atom. The van der Waals surface area contributed by atoms with E-state index in [1.165, 1.54) is 0 Å². The molecule has 1 aliphatic rings. The molecule has 0 fully saturated rings. The average Bonchev–Trinajstić information content (AvgIpc) is 2.30. The van der Waals surface area contributed by atoms with E-state index in [0.717, 1.165) is 5.57 Å². The van der Waals surface area contributed by atoms with Crippen molar-refractivity contribution in [1.82, 2.24) is 5.32 Å². The second-order valence-corrected chi connectivity index (χ2v) is 2.65. The Morgan fingerprint density at radius 2 is 2.33 bits per heavy atom. The summed E-state index contributed by atoms with van der Waals surface area (Å²) >= 11 is 0. The highest BCUT2D eigenvalue weighted by molar-refractivity contribution is 5.80. The highest BCUT2D eigenvalue weighted by atomic mass is 16.1. The van der Waals surface area contributed by atoms with Gasteiger partial charge in [0.15, 0.2) is 0 Å². The van der Waals surface area contributed by atoms with Crippen LogP contribution in [0.4, 0.5) is 0 Å². The Balaban J connectivity index is 2.75. The highest BCUT2D eigenvalue weighted by Crippen LogP contribution is 2.11. The second kappa shape index (κ2) is 3.76. The van der Waals surface area contributed by atoms with Gasteiger partial charge < -0.3 is 11.1 Å². The van der Waals surface area contributed by atoms with Crippen molar-refractivity contribution < 1.29 is 4.79 Å². The molecule has 0 radical (unpaired) electrons. The van der Waals surface area contributed by atoms with Crippen LogP contribution < -0.4 is 11.1 Å². The van der Waals surface area contributed by atoms with Crippen LogP contribution in [0.15, 0.2) is 36.2 Å². The van der Waals surface area contributed by atoms with Crippen LogP contribution in [0.3, 0.4) is 0 Å². The first kappa shape index (κ1) is 8.59. The number of allylic oxidation sites excluding steroid dienone is 3. The summed E-state index contributed by atoms with van der Waals surface area (Å²) in [6.45, 7) is 1.78. The van der Waals surface area contributed by atoms with Crippen LogP contribution in [0.5, 0.6) is 0 Å². The largest absolute Gasteiger partial charge is 0.369 e. The van der Waals surface area contributed by atoms with Crippen LogP contribution in [0.25, 0.3) is 0 Å². The molecule has 1 rings (SSSR count). The van der Waals surface area contributed by atoms with Crippen molar-refractivity contribution >= 4 is 5.91 Å². The third-order valence-electron chi connectivity index (χ3n) is 1.77. The SMILES string of the molecule is CC(C(N)=O)C1=CNC=CC=C1. The average molecular weight is 164 g/mol. The molecule has 3 nitrogen and oxygen atoms in total. The molecule has 0 aromatic rings. The number of amides is 1. The molecule has 1 aliphatic heterocycles. The van der Waals surface area contributed by atoms with Gasteiger partial charge in [-0.2, -0.15) is 0 Å². The highest BCUT2D eigenvalue weighted by Gasteiger charge is 2.11. The van der Waals surface area contributed by atoms with Crippen LogP contribution in [0.1, 0.15) is 6.92 Å². The van der Waals surface area contributed by atoms with Gasteiger partial charge in [-0.05, 0) is 18.6 Å². The van der Waals surface area contributed by atoms with E-state index in [1.54, 1.807) is 19.3 Å². The molecule has 3 heteroatoms. The van der Waals surface area contributed by atoms with E-state index < -0.39 is 0 Å².